The fraction of sp³-hybridized carbons (Fsp3) is 0.538. The van der Waals surface area contributed by atoms with E-state index in [1.807, 2.05) is 18.2 Å². The zero-order chi connectivity index (χ0) is 10.5. The van der Waals surface area contributed by atoms with E-state index in [9.17, 15) is 4.39 Å². The molecule has 2 rings (SSSR count). The molecule has 1 aromatic rings. The molecule has 1 saturated heterocycles. The summed E-state index contributed by atoms with van der Waals surface area (Å²) in [5.41, 5.74) is 1.31. The molecule has 1 aromatic carbocycles. The van der Waals surface area contributed by atoms with Crippen molar-refractivity contribution >= 4 is 0 Å². The van der Waals surface area contributed by atoms with E-state index in [0.717, 1.165) is 12.8 Å². The maximum absolute atomic E-state index is 13.1. The van der Waals surface area contributed by atoms with Crippen LogP contribution in [0, 0.1) is 0 Å². The molecule has 0 saturated carbocycles. The van der Waals surface area contributed by atoms with Crippen molar-refractivity contribution in [3.8, 4) is 0 Å². The van der Waals surface area contributed by atoms with Crippen LogP contribution < -0.4 is 0 Å². The summed E-state index contributed by atoms with van der Waals surface area (Å²) in [7, 11) is 0. The third-order valence-electron chi connectivity index (χ3n) is 2.90. The summed E-state index contributed by atoms with van der Waals surface area (Å²) in [4.78, 5) is 0. The molecule has 2 heteroatoms. The minimum Gasteiger partial charge on any atom is -0.378 e. The van der Waals surface area contributed by atoms with Gasteiger partial charge < -0.3 is 4.74 Å². The van der Waals surface area contributed by atoms with Crippen LogP contribution in [0.3, 0.4) is 0 Å². The third kappa shape index (κ3) is 3.31. The Morgan fingerprint density at radius 3 is 2.80 bits per heavy atom. The topological polar surface area (TPSA) is 9.23 Å². The summed E-state index contributed by atoms with van der Waals surface area (Å²) in [5, 5.41) is 0. The molecular weight excluding hydrogens is 191 g/mol. The van der Waals surface area contributed by atoms with Crippen LogP contribution in [0.1, 0.15) is 24.8 Å². The van der Waals surface area contributed by atoms with Crippen molar-refractivity contribution in [2.24, 2.45) is 0 Å². The van der Waals surface area contributed by atoms with E-state index < -0.39 is 6.17 Å². The Morgan fingerprint density at radius 1 is 1.27 bits per heavy atom. The van der Waals surface area contributed by atoms with Crippen LogP contribution in [0.15, 0.2) is 30.3 Å². The van der Waals surface area contributed by atoms with Gasteiger partial charge in [0.05, 0.1) is 6.10 Å². The van der Waals surface area contributed by atoms with Gasteiger partial charge in [-0.05, 0) is 18.4 Å². The fourth-order valence-corrected chi connectivity index (χ4v) is 2.01. The first kappa shape index (κ1) is 10.6. The molecule has 0 N–H and O–H groups in total. The van der Waals surface area contributed by atoms with Gasteiger partial charge in [0, 0.05) is 19.4 Å². The second kappa shape index (κ2) is 5.26. The normalized spacial score (nSPS) is 26.5. The van der Waals surface area contributed by atoms with E-state index in [4.69, 9.17) is 4.74 Å². The monoisotopic (exact) mass is 208 g/mol. The van der Waals surface area contributed by atoms with E-state index in [1.54, 1.807) is 0 Å². The fourth-order valence-electron chi connectivity index (χ4n) is 2.01. The molecule has 0 radical (unpaired) electrons. The van der Waals surface area contributed by atoms with Crippen molar-refractivity contribution in [1.29, 1.82) is 0 Å². The highest BCUT2D eigenvalue weighted by Gasteiger charge is 2.21. The number of hydrogen-bond donors (Lipinski definition) is 0. The molecule has 0 aromatic heterocycles. The Balaban J connectivity index is 1.78. The van der Waals surface area contributed by atoms with Crippen LogP contribution >= 0.6 is 0 Å². The van der Waals surface area contributed by atoms with Crippen molar-refractivity contribution in [3.05, 3.63) is 35.9 Å². The van der Waals surface area contributed by atoms with Crippen molar-refractivity contribution in [3.63, 3.8) is 0 Å². The summed E-state index contributed by atoms with van der Waals surface area (Å²) >= 11 is 0. The van der Waals surface area contributed by atoms with Gasteiger partial charge >= 0.3 is 0 Å². The van der Waals surface area contributed by atoms with Crippen molar-refractivity contribution in [1.82, 2.24) is 0 Å². The smallest absolute Gasteiger partial charge is 0.105 e. The maximum atomic E-state index is 13.1. The minimum absolute atomic E-state index is 0.119. The first-order valence-corrected chi connectivity index (χ1v) is 5.64. The molecule has 82 valence electrons. The Kier molecular flexibility index (Phi) is 3.73. The Bertz CT molecular complexity index is 286. The third-order valence-corrected chi connectivity index (χ3v) is 2.90. The molecule has 2 atom stereocenters. The van der Waals surface area contributed by atoms with Crippen molar-refractivity contribution < 1.29 is 9.13 Å². The summed E-state index contributed by atoms with van der Waals surface area (Å²) in [6, 6.07) is 10.3. The molecule has 1 fully saturated rings. The van der Waals surface area contributed by atoms with Gasteiger partial charge in [-0.2, -0.15) is 0 Å². The standard InChI is InChI=1S/C13H17FO/c14-12-8-9-15-13(10-12)7-6-11-4-2-1-3-5-11/h1-5,12-13H,6-10H2/t12-,13-/m0/s1. The molecule has 1 aliphatic rings. The first-order chi connectivity index (χ1) is 7.34. The summed E-state index contributed by atoms with van der Waals surface area (Å²) in [6.45, 7) is 0.584. The molecule has 1 heterocycles. The second-order valence-electron chi connectivity index (χ2n) is 4.14. The van der Waals surface area contributed by atoms with E-state index >= 15 is 0 Å². The molecule has 0 unspecified atom stereocenters. The first-order valence-electron chi connectivity index (χ1n) is 5.64. The highest BCUT2D eigenvalue weighted by molar-refractivity contribution is 5.14. The van der Waals surface area contributed by atoms with E-state index in [-0.39, 0.29) is 6.10 Å². The van der Waals surface area contributed by atoms with Crippen molar-refractivity contribution in [2.45, 2.75) is 38.0 Å². The minimum atomic E-state index is -0.653. The van der Waals surface area contributed by atoms with Crippen molar-refractivity contribution in [2.75, 3.05) is 6.61 Å². The van der Waals surface area contributed by atoms with Crippen LogP contribution in [-0.2, 0) is 11.2 Å². The lowest BCUT2D eigenvalue weighted by Gasteiger charge is -2.25. The van der Waals surface area contributed by atoms with Crippen LogP contribution in [0.2, 0.25) is 0 Å². The lowest BCUT2D eigenvalue weighted by molar-refractivity contribution is -0.0214. The average Bonchev–Trinajstić information content (AvgIpc) is 2.28. The van der Waals surface area contributed by atoms with Crippen LogP contribution in [0.4, 0.5) is 4.39 Å². The van der Waals surface area contributed by atoms with Gasteiger partial charge in [-0.15, -0.1) is 0 Å². The molecule has 1 aliphatic heterocycles. The summed E-state index contributed by atoms with van der Waals surface area (Å²) < 4.78 is 18.6. The molecule has 15 heavy (non-hydrogen) atoms. The average molecular weight is 208 g/mol. The van der Waals surface area contributed by atoms with E-state index in [2.05, 4.69) is 12.1 Å². The highest BCUT2D eigenvalue weighted by atomic mass is 19.1. The molecule has 0 amide bonds. The Morgan fingerprint density at radius 2 is 2.07 bits per heavy atom. The van der Waals surface area contributed by atoms with E-state index in [1.165, 1.54) is 5.56 Å². The van der Waals surface area contributed by atoms with Gasteiger partial charge in [-0.25, -0.2) is 4.39 Å². The summed E-state index contributed by atoms with van der Waals surface area (Å²) in [5.74, 6) is 0. The van der Waals surface area contributed by atoms with Gasteiger partial charge in [0.2, 0.25) is 0 Å². The van der Waals surface area contributed by atoms with Gasteiger partial charge in [-0.3, -0.25) is 0 Å². The number of rotatable bonds is 3. The van der Waals surface area contributed by atoms with Gasteiger partial charge in [-0.1, -0.05) is 30.3 Å². The zero-order valence-electron chi connectivity index (χ0n) is 8.86. The highest BCUT2D eigenvalue weighted by Crippen LogP contribution is 2.20. The molecule has 0 spiro atoms. The van der Waals surface area contributed by atoms with E-state index in [0.29, 0.717) is 19.4 Å². The van der Waals surface area contributed by atoms with Crippen LogP contribution in [0.5, 0.6) is 0 Å². The molecule has 1 nitrogen and oxygen atoms in total. The number of aryl methyl sites for hydroxylation is 1. The lowest BCUT2D eigenvalue weighted by atomic mass is 10.0. The van der Waals surface area contributed by atoms with Crippen LogP contribution in [-0.4, -0.2) is 18.9 Å². The Hall–Kier alpha value is -0.890. The molecular formula is C13H17FO. The van der Waals surface area contributed by atoms with Crippen LogP contribution in [0.25, 0.3) is 0 Å². The second-order valence-corrected chi connectivity index (χ2v) is 4.14. The number of alkyl halides is 1. The number of halogens is 1. The number of hydrogen-bond acceptors (Lipinski definition) is 1. The van der Waals surface area contributed by atoms with Gasteiger partial charge in [0.1, 0.15) is 6.17 Å². The number of benzene rings is 1. The molecule has 0 aliphatic carbocycles. The number of ether oxygens (including phenoxy) is 1. The predicted octanol–water partition coefficient (Wildman–Crippen LogP) is 3.14. The summed E-state index contributed by atoms with van der Waals surface area (Å²) in [6.07, 6.45) is 2.53. The predicted molar refractivity (Wildman–Crippen MR) is 58.6 cm³/mol. The molecule has 0 bridgehead atoms. The Labute approximate surface area is 90.3 Å². The van der Waals surface area contributed by atoms with Gasteiger partial charge in [0.25, 0.3) is 0 Å². The lowest BCUT2D eigenvalue weighted by Crippen LogP contribution is -2.26. The SMILES string of the molecule is F[C@H]1CCO[C@@H](CCc2ccccc2)C1. The zero-order valence-corrected chi connectivity index (χ0v) is 8.86. The maximum Gasteiger partial charge on any atom is 0.105 e. The quantitative estimate of drug-likeness (QED) is 0.741. The largest absolute Gasteiger partial charge is 0.378 e. The van der Waals surface area contributed by atoms with Gasteiger partial charge in [0.15, 0.2) is 0 Å².